The summed E-state index contributed by atoms with van der Waals surface area (Å²) in [6.45, 7) is 6.60. The van der Waals surface area contributed by atoms with Crippen LogP contribution in [-0.2, 0) is 9.53 Å². The summed E-state index contributed by atoms with van der Waals surface area (Å²) in [5.41, 5.74) is 2.23. The van der Waals surface area contributed by atoms with Gasteiger partial charge < -0.3 is 4.74 Å². The average molecular weight is 224 g/mol. The number of allylic oxidation sites excluding steroid dienone is 1. The summed E-state index contributed by atoms with van der Waals surface area (Å²) < 4.78 is 5.19. The number of esters is 1. The molecular weight excluding hydrogens is 200 g/mol. The largest absolute Gasteiger partial charge is 0.463 e. The lowest BCUT2D eigenvalue weighted by atomic mass is 9.91. The third-order valence-corrected chi connectivity index (χ3v) is 3.34. The third kappa shape index (κ3) is 3.36. The molecule has 2 heteroatoms. The summed E-state index contributed by atoms with van der Waals surface area (Å²) in [5.74, 6) is 0.394. The van der Waals surface area contributed by atoms with E-state index in [0.29, 0.717) is 12.5 Å². The van der Waals surface area contributed by atoms with E-state index in [1.54, 1.807) is 0 Å². The maximum atomic E-state index is 12.0. The van der Waals surface area contributed by atoms with E-state index in [-0.39, 0.29) is 5.97 Å². The normalized spacial score (nSPS) is 18.4. The van der Waals surface area contributed by atoms with Crippen molar-refractivity contribution >= 4 is 5.97 Å². The minimum absolute atomic E-state index is 0.0691. The van der Waals surface area contributed by atoms with Gasteiger partial charge in [-0.15, -0.1) is 0 Å². The molecule has 16 heavy (non-hydrogen) atoms. The standard InChI is InChI=1S/C14H24O2/c1-4-8-11(3)13(14(15)16-5-2)12-9-6-7-10-12/h12H,4-10H2,1-3H3/b13-11-. The Hall–Kier alpha value is -0.790. The van der Waals surface area contributed by atoms with Gasteiger partial charge in [0.15, 0.2) is 0 Å². The molecule has 0 aromatic heterocycles. The Balaban J connectivity index is 2.83. The fourth-order valence-corrected chi connectivity index (χ4v) is 2.62. The van der Waals surface area contributed by atoms with Crippen LogP contribution in [-0.4, -0.2) is 12.6 Å². The molecule has 0 atom stereocenters. The fraction of sp³-hybridized carbons (Fsp3) is 0.786. The quantitative estimate of drug-likeness (QED) is 0.523. The highest BCUT2D eigenvalue weighted by molar-refractivity contribution is 5.89. The highest BCUT2D eigenvalue weighted by atomic mass is 16.5. The van der Waals surface area contributed by atoms with Crippen LogP contribution in [0.25, 0.3) is 0 Å². The van der Waals surface area contributed by atoms with Gasteiger partial charge in [0.05, 0.1) is 6.61 Å². The zero-order valence-corrected chi connectivity index (χ0v) is 10.8. The maximum Gasteiger partial charge on any atom is 0.334 e. The first kappa shape index (κ1) is 13.3. The van der Waals surface area contributed by atoms with Crippen LogP contribution < -0.4 is 0 Å². The van der Waals surface area contributed by atoms with Gasteiger partial charge in [-0.1, -0.05) is 31.8 Å². The van der Waals surface area contributed by atoms with Gasteiger partial charge in [-0.3, -0.25) is 0 Å². The lowest BCUT2D eigenvalue weighted by Gasteiger charge is -2.16. The Morgan fingerprint density at radius 3 is 2.38 bits per heavy atom. The van der Waals surface area contributed by atoms with E-state index < -0.39 is 0 Å². The molecule has 0 aromatic rings. The minimum atomic E-state index is -0.0691. The van der Waals surface area contributed by atoms with Crippen molar-refractivity contribution in [2.24, 2.45) is 5.92 Å². The van der Waals surface area contributed by atoms with Crippen molar-refractivity contribution in [2.75, 3.05) is 6.61 Å². The van der Waals surface area contributed by atoms with E-state index in [0.717, 1.165) is 31.3 Å². The summed E-state index contributed by atoms with van der Waals surface area (Å²) in [4.78, 5) is 12.0. The second-order valence-corrected chi connectivity index (χ2v) is 4.65. The molecule has 92 valence electrons. The van der Waals surface area contributed by atoms with E-state index in [1.165, 1.54) is 18.4 Å². The van der Waals surface area contributed by atoms with Crippen LogP contribution >= 0.6 is 0 Å². The Labute approximate surface area is 99.1 Å². The SMILES string of the molecule is CCC/C(C)=C(\C(=O)OCC)C1CCCC1. The van der Waals surface area contributed by atoms with Crippen LogP contribution in [0.5, 0.6) is 0 Å². The molecule has 0 aromatic carbocycles. The van der Waals surface area contributed by atoms with Crippen LogP contribution in [0.4, 0.5) is 0 Å². The fourth-order valence-electron chi connectivity index (χ4n) is 2.62. The topological polar surface area (TPSA) is 26.3 Å². The molecule has 1 aliphatic carbocycles. The zero-order valence-electron chi connectivity index (χ0n) is 10.8. The monoisotopic (exact) mass is 224 g/mol. The first-order valence-corrected chi connectivity index (χ1v) is 6.57. The van der Waals surface area contributed by atoms with Crippen LogP contribution in [0.3, 0.4) is 0 Å². The lowest BCUT2D eigenvalue weighted by molar-refractivity contribution is -0.139. The molecule has 2 nitrogen and oxygen atoms in total. The molecule has 0 amide bonds. The molecule has 0 bridgehead atoms. The minimum Gasteiger partial charge on any atom is -0.463 e. The molecule has 1 aliphatic rings. The van der Waals surface area contributed by atoms with Gasteiger partial charge in [0.25, 0.3) is 0 Å². The molecule has 1 saturated carbocycles. The summed E-state index contributed by atoms with van der Waals surface area (Å²) in [6.07, 6.45) is 6.95. The zero-order chi connectivity index (χ0) is 12.0. The molecule has 0 spiro atoms. The van der Waals surface area contributed by atoms with Crippen molar-refractivity contribution in [3.63, 3.8) is 0 Å². The van der Waals surface area contributed by atoms with Gasteiger partial charge in [-0.2, -0.15) is 0 Å². The van der Waals surface area contributed by atoms with Crippen LogP contribution in [0, 0.1) is 5.92 Å². The second kappa shape index (κ2) is 6.72. The van der Waals surface area contributed by atoms with E-state index in [1.807, 2.05) is 6.92 Å². The summed E-state index contributed by atoms with van der Waals surface area (Å²) in [5, 5.41) is 0. The van der Waals surface area contributed by atoms with Crippen LogP contribution in [0.1, 0.15) is 59.3 Å². The number of ether oxygens (including phenoxy) is 1. The Kier molecular flexibility index (Phi) is 5.58. The second-order valence-electron chi connectivity index (χ2n) is 4.65. The summed E-state index contributed by atoms with van der Waals surface area (Å²) >= 11 is 0. The first-order chi connectivity index (χ1) is 7.70. The molecular formula is C14H24O2. The van der Waals surface area contributed by atoms with Gasteiger partial charge in [-0.05, 0) is 39.0 Å². The van der Waals surface area contributed by atoms with E-state index in [9.17, 15) is 4.79 Å². The van der Waals surface area contributed by atoms with Crippen molar-refractivity contribution < 1.29 is 9.53 Å². The van der Waals surface area contributed by atoms with E-state index in [2.05, 4.69) is 13.8 Å². The van der Waals surface area contributed by atoms with Crippen molar-refractivity contribution in [1.29, 1.82) is 0 Å². The first-order valence-electron chi connectivity index (χ1n) is 6.57. The molecule has 0 radical (unpaired) electrons. The molecule has 0 saturated heterocycles. The van der Waals surface area contributed by atoms with Gasteiger partial charge in [-0.25, -0.2) is 4.79 Å². The number of carbonyl (C=O) groups is 1. The summed E-state index contributed by atoms with van der Waals surface area (Å²) in [7, 11) is 0. The van der Waals surface area contributed by atoms with Crippen molar-refractivity contribution in [2.45, 2.75) is 59.3 Å². The Morgan fingerprint density at radius 2 is 1.88 bits per heavy atom. The predicted octanol–water partition coefficient (Wildman–Crippen LogP) is 3.86. The van der Waals surface area contributed by atoms with Gasteiger partial charge >= 0.3 is 5.97 Å². The van der Waals surface area contributed by atoms with E-state index in [4.69, 9.17) is 4.74 Å². The van der Waals surface area contributed by atoms with Gasteiger partial charge in [0, 0.05) is 5.57 Å². The molecule has 0 aliphatic heterocycles. The number of hydrogen-bond acceptors (Lipinski definition) is 2. The Bertz CT molecular complexity index is 260. The highest BCUT2D eigenvalue weighted by Crippen LogP contribution is 2.34. The smallest absolute Gasteiger partial charge is 0.334 e. The molecule has 1 rings (SSSR count). The van der Waals surface area contributed by atoms with E-state index >= 15 is 0 Å². The molecule has 0 heterocycles. The molecule has 1 fully saturated rings. The van der Waals surface area contributed by atoms with Gasteiger partial charge in [0.1, 0.15) is 0 Å². The van der Waals surface area contributed by atoms with Crippen LogP contribution in [0.2, 0.25) is 0 Å². The number of carbonyl (C=O) groups excluding carboxylic acids is 1. The number of hydrogen-bond donors (Lipinski definition) is 0. The van der Waals surface area contributed by atoms with Crippen molar-refractivity contribution in [3.05, 3.63) is 11.1 Å². The molecule has 0 N–H and O–H groups in total. The van der Waals surface area contributed by atoms with Crippen LogP contribution in [0.15, 0.2) is 11.1 Å². The molecule has 0 unspecified atom stereocenters. The highest BCUT2D eigenvalue weighted by Gasteiger charge is 2.26. The maximum absolute atomic E-state index is 12.0. The third-order valence-electron chi connectivity index (χ3n) is 3.34. The van der Waals surface area contributed by atoms with Crippen molar-refractivity contribution in [3.8, 4) is 0 Å². The van der Waals surface area contributed by atoms with Gasteiger partial charge in [0.2, 0.25) is 0 Å². The predicted molar refractivity (Wildman–Crippen MR) is 66.2 cm³/mol. The summed E-state index contributed by atoms with van der Waals surface area (Å²) in [6, 6.07) is 0. The Morgan fingerprint density at radius 1 is 1.25 bits per heavy atom. The number of rotatable bonds is 5. The average Bonchev–Trinajstić information content (AvgIpc) is 2.72. The van der Waals surface area contributed by atoms with Crippen molar-refractivity contribution in [1.82, 2.24) is 0 Å². The lowest BCUT2D eigenvalue weighted by Crippen LogP contribution is -2.16.